The summed E-state index contributed by atoms with van der Waals surface area (Å²) < 4.78 is 5.92. The molecule has 1 heterocycles. The molecule has 2 rings (SSSR count). The summed E-state index contributed by atoms with van der Waals surface area (Å²) in [7, 11) is 1.32. The first-order chi connectivity index (χ1) is 10.0. The normalized spacial score (nSPS) is 10.4. The predicted octanol–water partition coefficient (Wildman–Crippen LogP) is 0.954. The Morgan fingerprint density at radius 2 is 1.95 bits per heavy atom. The lowest BCUT2D eigenvalue weighted by Gasteiger charge is -2.10. The molecule has 0 aliphatic rings. The second kappa shape index (κ2) is 6.41. The van der Waals surface area contributed by atoms with E-state index in [0.717, 1.165) is 11.1 Å². The molecule has 1 aromatic carbocycles. The van der Waals surface area contributed by atoms with Crippen LogP contribution < -0.4 is 11.2 Å². The summed E-state index contributed by atoms with van der Waals surface area (Å²) in [5.74, 6) is -0.366. The Morgan fingerprint density at radius 3 is 2.62 bits per heavy atom. The number of H-pyrrole nitrogens is 1. The molecular weight excluding hydrogens is 296 g/mol. The number of hydrogen-bond acceptors (Lipinski definition) is 4. The van der Waals surface area contributed by atoms with E-state index in [-0.39, 0.29) is 24.0 Å². The lowest BCUT2D eigenvalue weighted by Crippen LogP contribution is -2.30. The second-order valence-corrected chi connectivity index (χ2v) is 4.79. The zero-order valence-electron chi connectivity index (χ0n) is 11.3. The van der Waals surface area contributed by atoms with Crippen molar-refractivity contribution in [3.05, 3.63) is 67.4 Å². The van der Waals surface area contributed by atoms with E-state index >= 15 is 0 Å². The molecule has 21 heavy (non-hydrogen) atoms. The molecule has 0 amide bonds. The van der Waals surface area contributed by atoms with E-state index in [1.54, 1.807) is 24.3 Å². The third-order valence-corrected chi connectivity index (χ3v) is 3.26. The van der Waals surface area contributed by atoms with E-state index in [1.807, 2.05) is 0 Å². The molecule has 1 N–H and O–H groups in total. The Bertz CT molecular complexity index is 779. The highest BCUT2D eigenvalue weighted by molar-refractivity contribution is 6.30. The summed E-state index contributed by atoms with van der Waals surface area (Å²) in [4.78, 5) is 36.5. The van der Waals surface area contributed by atoms with Crippen LogP contribution in [0.2, 0.25) is 5.02 Å². The molecule has 0 fully saturated rings. The maximum atomic E-state index is 11.7. The van der Waals surface area contributed by atoms with Crippen LogP contribution in [0.25, 0.3) is 0 Å². The minimum Gasteiger partial charge on any atom is -0.469 e. The highest BCUT2D eigenvalue weighted by Gasteiger charge is 2.10. The van der Waals surface area contributed by atoms with Gasteiger partial charge in [-0.1, -0.05) is 35.9 Å². The van der Waals surface area contributed by atoms with Gasteiger partial charge in [-0.05, 0) is 11.1 Å². The number of esters is 1. The molecule has 0 unspecified atom stereocenters. The van der Waals surface area contributed by atoms with Crippen molar-refractivity contribution in [1.82, 2.24) is 9.55 Å². The van der Waals surface area contributed by atoms with Gasteiger partial charge in [0.15, 0.2) is 0 Å². The lowest BCUT2D eigenvalue weighted by molar-refractivity contribution is -0.139. The van der Waals surface area contributed by atoms with Crippen molar-refractivity contribution in [2.24, 2.45) is 0 Å². The van der Waals surface area contributed by atoms with E-state index < -0.39 is 11.2 Å². The Labute approximate surface area is 124 Å². The average Bonchev–Trinajstić information content (AvgIpc) is 2.46. The number of aromatic nitrogens is 2. The molecule has 0 radical (unpaired) electrons. The van der Waals surface area contributed by atoms with Crippen LogP contribution in [0.15, 0.2) is 40.1 Å². The standard InChI is InChI=1S/C14H13ClN2O4/c1-21-12(18)6-9-4-2-3-5-10(9)7-17-8-11(15)13(19)16-14(17)20/h2-5,8H,6-7H2,1H3,(H,16,19,20). The van der Waals surface area contributed by atoms with E-state index in [2.05, 4.69) is 9.72 Å². The number of rotatable bonds is 4. The summed E-state index contributed by atoms with van der Waals surface area (Å²) in [5, 5.41) is -0.0694. The summed E-state index contributed by atoms with van der Waals surface area (Å²) in [6.07, 6.45) is 1.39. The Hall–Kier alpha value is -2.34. The highest BCUT2D eigenvalue weighted by Crippen LogP contribution is 2.11. The average molecular weight is 309 g/mol. The van der Waals surface area contributed by atoms with Gasteiger partial charge >= 0.3 is 11.7 Å². The maximum Gasteiger partial charge on any atom is 0.328 e. The van der Waals surface area contributed by atoms with Crippen molar-refractivity contribution >= 4 is 17.6 Å². The topological polar surface area (TPSA) is 81.2 Å². The third-order valence-electron chi connectivity index (χ3n) is 2.99. The monoisotopic (exact) mass is 308 g/mol. The molecule has 0 saturated carbocycles. The molecule has 6 nitrogen and oxygen atoms in total. The SMILES string of the molecule is COC(=O)Cc1ccccc1Cn1cc(Cl)c(=O)[nH]c1=O. The van der Waals surface area contributed by atoms with Gasteiger partial charge < -0.3 is 4.74 Å². The Morgan fingerprint density at radius 1 is 1.29 bits per heavy atom. The van der Waals surface area contributed by atoms with Crippen molar-refractivity contribution in [3.63, 3.8) is 0 Å². The van der Waals surface area contributed by atoms with Crippen molar-refractivity contribution in [2.75, 3.05) is 7.11 Å². The number of nitrogens with one attached hydrogen (secondary N) is 1. The fourth-order valence-electron chi connectivity index (χ4n) is 1.90. The molecule has 0 aliphatic carbocycles. The first kappa shape index (κ1) is 15.1. The molecule has 0 aliphatic heterocycles. The van der Waals surface area contributed by atoms with Crippen LogP contribution in [0, 0.1) is 0 Å². The predicted molar refractivity (Wildman–Crippen MR) is 77.6 cm³/mol. The van der Waals surface area contributed by atoms with Gasteiger partial charge in [-0.3, -0.25) is 19.1 Å². The quantitative estimate of drug-likeness (QED) is 0.853. The van der Waals surface area contributed by atoms with E-state index in [9.17, 15) is 14.4 Å². The minimum atomic E-state index is -0.624. The first-order valence-electron chi connectivity index (χ1n) is 6.14. The first-order valence-corrected chi connectivity index (χ1v) is 6.52. The van der Waals surface area contributed by atoms with Gasteiger partial charge in [-0.25, -0.2) is 4.79 Å². The Kier molecular flexibility index (Phi) is 4.59. The molecule has 0 saturated heterocycles. The van der Waals surface area contributed by atoms with Crippen LogP contribution in [0.1, 0.15) is 11.1 Å². The number of carbonyl (C=O) groups excluding carboxylic acids is 1. The molecule has 2 aromatic rings. The maximum absolute atomic E-state index is 11.7. The largest absolute Gasteiger partial charge is 0.469 e. The van der Waals surface area contributed by atoms with E-state index in [0.29, 0.717) is 0 Å². The molecule has 7 heteroatoms. The van der Waals surface area contributed by atoms with Crippen LogP contribution in [0.4, 0.5) is 0 Å². The molecule has 0 bridgehead atoms. The van der Waals surface area contributed by atoms with Crippen LogP contribution in [0.5, 0.6) is 0 Å². The summed E-state index contributed by atoms with van der Waals surface area (Å²) in [6.45, 7) is 0.197. The van der Waals surface area contributed by atoms with Crippen molar-refractivity contribution < 1.29 is 9.53 Å². The lowest BCUT2D eigenvalue weighted by atomic mass is 10.0. The second-order valence-electron chi connectivity index (χ2n) is 4.39. The molecule has 1 aromatic heterocycles. The summed E-state index contributed by atoms with van der Waals surface area (Å²) in [5.41, 5.74) is 0.338. The number of halogens is 1. The minimum absolute atomic E-state index is 0.0694. The van der Waals surface area contributed by atoms with Gasteiger partial charge in [0.25, 0.3) is 5.56 Å². The van der Waals surface area contributed by atoms with Gasteiger partial charge in [0, 0.05) is 6.20 Å². The number of benzene rings is 1. The van der Waals surface area contributed by atoms with Crippen molar-refractivity contribution in [2.45, 2.75) is 13.0 Å². The fourth-order valence-corrected chi connectivity index (χ4v) is 2.06. The number of hydrogen-bond donors (Lipinski definition) is 1. The zero-order valence-corrected chi connectivity index (χ0v) is 12.0. The Balaban J connectivity index is 2.36. The van der Waals surface area contributed by atoms with Crippen LogP contribution in [0.3, 0.4) is 0 Å². The van der Waals surface area contributed by atoms with Crippen molar-refractivity contribution in [1.29, 1.82) is 0 Å². The highest BCUT2D eigenvalue weighted by atomic mass is 35.5. The van der Waals surface area contributed by atoms with Gasteiger partial charge in [0.1, 0.15) is 5.02 Å². The van der Waals surface area contributed by atoms with Crippen LogP contribution >= 0.6 is 11.6 Å². The van der Waals surface area contributed by atoms with E-state index in [1.165, 1.54) is 17.9 Å². The molecule has 110 valence electrons. The van der Waals surface area contributed by atoms with Gasteiger partial charge in [0.2, 0.25) is 0 Å². The number of nitrogens with zero attached hydrogens (tertiary/aromatic N) is 1. The fraction of sp³-hybridized carbons (Fsp3) is 0.214. The molecule has 0 atom stereocenters. The third kappa shape index (κ3) is 3.61. The molecular formula is C14H13ClN2O4. The van der Waals surface area contributed by atoms with Crippen LogP contribution in [-0.2, 0) is 22.5 Å². The number of aromatic amines is 1. The van der Waals surface area contributed by atoms with Crippen LogP contribution in [-0.4, -0.2) is 22.6 Å². The molecule has 0 spiro atoms. The van der Waals surface area contributed by atoms with Gasteiger partial charge in [0.05, 0.1) is 20.1 Å². The van der Waals surface area contributed by atoms with Crippen molar-refractivity contribution in [3.8, 4) is 0 Å². The number of carbonyl (C=O) groups is 1. The summed E-state index contributed by atoms with van der Waals surface area (Å²) in [6, 6.07) is 7.17. The number of ether oxygens (including phenoxy) is 1. The smallest absolute Gasteiger partial charge is 0.328 e. The van der Waals surface area contributed by atoms with E-state index in [4.69, 9.17) is 11.6 Å². The van der Waals surface area contributed by atoms with Gasteiger partial charge in [-0.15, -0.1) is 0 Å². The van der Waals surface area contributed by atoms with Gasteiger partial charge in [-0.2, -0.15) is 0 Å². The number of methoxy groups -OCH3 is 1. The summed E-state index contributed by atoms with van der Waals surface area (Å²) >= 11 is 5.72. The zero-order chi connectivity index (χ0) is 15.4.